The molecule has 0 bridgehead atoms. The molecule has 17 heavy (non-hydrogen) atoms. The van der Waals surface area contributed by atoms with Crippen LogP contribution in [0, 0.1) is 0 Å². The average molecular weight is 255 g/mol. The van der Waals surface area contributed by atoms with E-state index in [-0.39, 0.29) is 5.54 Å². The highest BCUT2D eigenvalue weighted by Gasteiger charge is 2.31. The van der Waals surface area contributed by atoms with E-state index >= 15 is 0 Å². The van der Waals surface area contributed by atoms with Crippen molar-refractivity contribution >= 4 is 11.8 Å². The van der Waals surface area contributed by atoms with E-state index in [9.17, 15) is 0 Å². The van der Waals surface area contributed by atoms with Gasteiger partial charge in [-0.25, -0.2) is 0 Å². The molecule has 1 heterocycles. The molecule has 2 rings (SSSR count). The molecule has 0 amide bonds. The Morgan fingerprint density at radius 3 is 2.88 bits per heavy atom. The lowest BCUT2D eigenvalue weighted by Crippen LogP contribution is -2.38. The summed E-state index contributed by atoms with van der Waals surface area (Å²) in [6.45, 7) is 2.17. The van der Waals surface area contributed by atoms with Crippen molar-refractivity contribution in [3.63, 3.8) is 0 Å². The van der Waals surface area contributed by atoms with Gasteiger partial charge in [-0.15, -0.1) is 0 Å². The number of hydrogen-bond acceptors (Lipinski definition) is 5. The molecular weight excluding hydrogens is 234 g/mol. The standard InChI is InChI=1S/C12H21N3OS/c1-2-7-17-9-10-14-11(16-15-10)8-12(13)5-3-4-6-12/h2-9,13H2,1H3. The zero-order valence-corrected chi connectivity index (χ0v) is 11.3. The SMILES string of the molecule is CCCSCc1noc(CC2(N)CCCC2)n1. The van der Waals surface area contributed by atoms with Gasteiger partial charge in [0.2, 0.25) is 5.89 Å². The Balaban J connectivity index is 1.85. The zero-order chi connectivity index (χ0) is 12.1. The number of nitrogens with zero attached hydrogens (tertiary/aromatic N) is 2. The van der Waals surface area contributed by atoms with Crippen LogP contribution in [0.5, 0.6) is 0 Å². The topological polar surface area (TPSA) is 64.9 Å². The fourth-order valence-corrected chi connectivity index (χ4v) is 3.02. The number of hydrogen-bond donors (Lipinski definition) is 1. The predicted molar refractivity (Wildman–Crippen MR) is 69.8 cm³/mol. The van der Waals surface area contributed by atoms with Crippen molar-refractivity contribution in [2.24, 2.45) is 5.73 Å². The van der Waals surface area contributed by atoms with Crippen LogP contribution < -0.4 is 5.73 Å². The normalized spacial score (nSPS) is 18.7. The quantitative estimate of drug-likeness (QED) is 0.791. The van der Waals surface area contributed by atoms with Gasteiger partial charge in [0.25, 0.3) is 0 Å². The van der Waals surface area contributed by atoms with Crippen molar-refractivity contribution in [2.75, 3.05) is 5.75 Å². The minimum Gasteiger partial charge on any atom is -0.339 e. The first kappa shape index (κ1) is 12.9. The van der Waals surface area contributed by atoms with Crippen molar-refractivity contribution in [1.29, 1.82) is 0 Å². The second-order valence-electron chi connectivity index (χ2n) is 4.90. The molecule has 1 aliphatic carbocycles. The van der Waals surface area contributed by atoms with Crippen LogP contribution >= 0.6 is 11.8 Å². The van der Waals surface area contributed by atoms with Gasteiger partial charge in [0.05, 0.1) is 5.75 Å². The molecule has 0 aromatic carbocycles. The number of nitrogens with two attached hydrogens (primary N) is 1. The van der Waals surface area contributed by atoms with Crippen LogP contribution in [0.25, 0.3) is 0 Å². The highest BCUT2D eigenvalue weighted by atomic mass is 32.2. The summed E-state index contributed by atoms with van der Waals surface area (Å²) >= 11 is 1.85. The van der Waals surface area contributed by atoms with Gasteiger partial charge in [-0.05, 0) is 25.0 Å². The maximum absolute atomic E-state index is 6.29. The highest BCUT2D eigenvalue weighted by molar-refractivity contribution is 7.98. The summed E-state index contributed by atoms with van der Waals surface area (Å²) < 4.78 is 5.27. The van der Waals surface area contributed by atoms with Crippen molar-refractivity contribution in [2.45, 2.75) is 56.7 Å². The molecule has 96 valence electrons. The molecule has 0 unspecified atom stereocenters. The first-order chi connectivity index (χ1) is 8.22. The average Bonchev–Trinajstić information content (AvgIpc) is 2.89. The summed E-state index contributed by atoms with van der Waals surface area (Å²) in [6, 6.07) is 0. The van der Waals surface area contributed by atoms with Crippen molar-refractivity contribution in [3.05, 3.63) is 11.7 Å². The lowest BCUT2D eigenvalue weighted by molar-refractivity contribution is 0.327. The summed E-state index contributed by atoms with van der Waals surface area (Å²) in [7, 11) is 0. The van der Waals surface area contributed by atoms with E-state index in [1.54, 1.807) is 0 Å². The van der Waals surface area contributed by atoms with Gasteiger partial charge in [0.1, 0.15) is 0 Å². The van der Waals surface area contributed by atoms with E-state index in [2.05, 4.69) is 17.1 Å². The van der Waals surface area contributed by atoms with E-state index in [0.29, 0.717) is 5.89 Å². The summed E-state index contributed by atoms with van der Waals surface area (Å²) in [5.41, 5.74) is 6.19. The van der Waals surface area contributed by atoms with Gasteiger partial charge in [-0.3, -0.25) is 0 Å². The van der Waals surface area contributed by atoms with Gasteiger partial charge in [-0.1, -0.05) is 24.9 Å². The van der Waals surface area contributed by atoms with Crippen LogP contribution in [0.15, 0.2) is 4.52 Å². The smallest absolute Gasteiger partial charge is 0.228 e. The fraction of sp³-hybridized carbons (Fsp3) is 0.833. The molecule has 1 fully saturated rings. The lowest BCUT2D eigenvalue weighted by atomic mass is 9.95. The summed E-state index contributed by atoms with van der Waals surface area (Å²) in [6.07, 6.45) is 6.53. The molecule has 0 spiro atoms. The monoisotopic (exact) mass is 255 g/mol. The maximum atomic E-state index is 6.29. The Kier molecular flexibility index (Phi) is 4.45. The minimum atomic E-state index is -0.0969. The summed E-state index contributed by atoms with van der Waals surface area (Å²) in [5, 5.41) is 4.00. The van der Waals surface area contributed by atoms with Crippen LogP contribution in [-0.2, 0) is 12.2 Å². The Bertz CT molecular complexity index is 347. The second kappa shape index (κ2) is 5.87. The minimum absolute atomic E-state index is 0.0969. The number of thioether (sulfide) groups is 1. The van der Waals surface area contributed by atoms with Crippen LogP contribution in [0.2, 0.25) is 0 Å². The Morgan fingerprint density at radius 1 is 1.41 bits per heavy atom. The van der Waals surface area contributed by atoms with Gasteiger partial charge >= 0.3 is 0 Å². The molecule has 1 aromatic heterocycles. The highest BCUT2D eigenvalue weighted by Crippen LogP contribution is 2.30. The third-order valence-electron chi connectivity index (χ3n) is 3.19. The van der Waals surface area contributed by atoms with Crippen molar-refractivity contribution < 1.29 is 4.52 Å². The predicted octanol–water partition coefficient (Wildman–Crippen LogP) is 2.53. The lowest BCUT2D eigenvalue weighted by Gasteiger charge is -2.20. The van der Waals surface area contributed by atoms with E-state index in [1.165, 1.54) is 19.3 Å². The molecular formula is C12H21N3OS. The molecule has 0 radical (unpaired) electrons. The largest absolute Gasteiger partial charge is 0.339 e. The molecule has 0 atom stereocenters. The molecule has 1 aliphatic rings. The van der Waals surface area contributed by atoms with E-state index < -0.39 is 0 Å². The van der Waals surface area contributed by atoms with Gasteiger partial charge in [0.15, 0.2) is 5.82 Å². The molecule has 4 nitrogen and oxygen atoms in total. The zero-order valence-electron chi connectivity index (χ0n) is 10.4. The molecule has 1 aromatic rings. The van der Waals surface area contributed by atoms with Crippen molar-refractivity contribution in [3.8, 4) is 0 Å². The van der Waals surface area contributed by atoms with Crippen LogP contribution in [0.4, 0.5) is 0 Å². The van der Waals surface area contributed by atoms with E-state index in [1.807, 2.05) is 11.8 Å². The van der Waals surface area contributed by atoms with Crippen molar-refractivity contribution in [1.82, 2.24) is 10.1 Å². The Labute approximate surface area is 107 Å². The second-order valence-corrected chi connectivity index (χ2v) is 6.01. The molecule has 1 saturated carbocycles. The number of aromatic nitrogens is 2. The summed E-state index contributed by atoms with van der Waals surface area (Å²) in [5.74, 6) is 3.50. The maximum Gasteiger partial charge on any atom is 0.228 e. The van der Waals surface area contributed by atoms with Gasteiger partial charge in [0, 0.05) is 12.0 Å². The van der Waals surface area contributed by atoms with Crippen LogP contribution in [0.1, 0.15) is 50.7 Å². The van der Waals surface area contributed by atoms with E-state index in [0.717, 1.165) is 36.6 Å². The summed E-state index contributed by atoms with van der Waals surface area (Å²) in [4.78, 5) is 4.41. The van der Waals surface area contributed by atoms with Gasteiger partial charge in [-0.2, -0.15) is 16.7 Å². The number of rotatable bonds is 6. The Hall–Kier alpha value is -0.550. The Morgan fingerprint density at radius 2 is 2.18 bits per heavy atom. The van der Waals surface area contributed by atoms with E-state index in [4.69, 9.17) is 10.3 Å². The fourth-order valence-electron chi connectivity index (χ4n) is 2.29. The van der Waals surface area contributed by atoms with Crippen LogP contribution in [-0.4, -0.2) is 21.4 Å². The molecule has 0 saturated heterocycles. The molecule has 0 aliphatic heterocycles. The third-order valence-corrected chi connectivity index (χ3v) is 4.35. The first-order valence-corrected chi connectivity index (χ1v) is 7.55. The third kappa shape index (κ3) is 3.71. The first-order valence-electron chi connectivity index (χ1n) is 6.40. The van der Waals surface area contributed by atoms with Crippen LogP contribution in [0.3, 0.4) is 0 Å². The van der Waals surface area contributed by atoms with Gasteiger partial charge < -0.3 is 10.3 Å². The molecule has 2 N–H and O–H groups in total. The molecule has 5 heteroatoms.